The number of benzene rings is 2. The van der Waals surface area contributed by atoms with Gasteiger partial charge in [0, 0.05) is 13.3 Å². The fourth-order valence-electron chi connectivity index (χ4n) is 2.44. The van der Waals surface area contributed by atoms with Gasteiger partial charge in [0.1, 0.15) is 6.04 Å². The minimum absolute atomic E-state index is 0.0346. The van der Waals surface area contributed by atoms with Crippen LogP contribution in [0.15, 0.2) is 48.5 Å². The Labute approximate surface area is 150 Å². The van der Waals surface area contributed by atoms with Crippen LogP contribution in [-0.2, 0) is 16.0 Å². The Bertz CT molecular complexity index is 886. The van der Waals surface area contributed by atoms with Crippen LogP contribution in [-0.4, -0.2) is 28.9 Å². The SMILES string of the molecule is CC(=O)Nc1ccccc1C(=O)N[C@@H](Cc1ccccc1C#N)C(=O)O. The third kappa shape index (κ3) is 4.68. The van der Waals surface area contributed by atoms with Crippen LogP contribution in [0, 0.1) is 11.3 Å². The standard InChI is InChI=1S/C19H17N3O4/c1-12(23)21-16-9-5-4-8-15(16)18(24)22-17(19(25)26)10-13-6-2-3-7-14(13)11-20/h2-9,17H,10H2,1H3,(H,21,23)(H,22,24)(H,25,26)/t17-/m0/s1. The van der Waals surface area contributed by atoms with E-state index < -0.39 is 17.9 Å². The number of rotatable bonds is 6. The zero-order valence-corrected chi connectivity index (χ0v) is 14.0. The second-order valence-electron chi connectivity index (χ2n) is 5.56. The average molecular weight is 351 g/mol. The number of carbonyl (C=O) groups excluding carboxylic acids is 2. The summed E-state index contributed by atoms with van der Waals surface area (Å²) >= 11 is 0. The van der Waals surface area contributed by atoms with Crippen LogP contribution in [0.25, 0.3) is 0 Å². The first kappa shape index (κ1) is 18.7. The fraction of sp³-hybridized carbons (Fsp3) is 0.158. The predicted molar refractivity (Wildman–Crippen MR) is 94.5 cm³/mol. The minimum Gasteiger partial charge on any atom is -0.480 e. The summed E-state index contributed by atoms with van der Waals surface area (Å²) in [4.78, 5) is 35.3. The summed E-state index contributed by atoms with van der Waals surface area (Å²) in [6.45, 7) is 1.31. The topological polar surface area (TPSA) is 119 Å². The van der Waals surface area contributed by atoms with E-state index >= 15 is 0 Å². The molecule has 2 aromatic rings. The van der Waals surface area contributed by atoms with Crippen molar-refractivity contribution in [3.63, 3.8) is 0 Å². The lowest BCUT2D eigenvalue weighted by molar-refractivity contribution is -0.139. The lowest BCUT2D eigenvalue weighted by atomic mass is 10.0. The van der Waals surface area contributed by atoms with Crippen LogP contribution in [0.5, 0.6) is 0 Å². The molecule has 26 heavy (non-hydrogen) atoms. The van der Waals surface area contributed by atoms with Gasteiger partial charge < -0.3 is 15.7 Å². The number of nitriles is 1. The minimum atomic E-state index is -1.22. The highest BCUT2D eigenvalue weighted by atomic mass is 16.4. The predicted octanol–water partition coefficient (Wildman–Crippen LogP) is 1.94. The molecule has 2 rings (SSSR count). The van der Waals surface area contributed by atoms with Crippen molar-refractivity contribution in [3.8, 4) is 6.07 Å². The second-order valence-corrected chi connectivity index (χ2v) is 5.56. The van der Waals surface area contributed by atoms with Gasteiger partial charge in [-0.1, -0.05) is 30.3 Å². The summed E-state index contributed by atoms with van der Waals surface area (Å²) in [5.41, 5.74) is 1.33. The summed E-state index contributed by atoms with van der Waals surface area (Å²) in [6, 6.07) is 13.7. The van der Waals surface area contributed by atoms with E-state index in [2.05, 4.69) is 10.6 Å². The van der Waals surface area contributed by atoms with Crippen molar-refractivity contribution in [1.29, 1.82) is 5.26 Å². The highest BCUT2D eigenvalue weighted by Crippen LogP contribution is 2.16. The van der Waals surface area contributed by atoms with Crippen molar-refractivity contribution in [2.24, 2.45) is 0 Å². The highest BCUT2D eigenvalue weighted by Gasteiger charge is 2.23. The molecule has 0 aliphatic heterocycles. The number of carboxylic acid groups (broad SMARTS) is 1. The monoisotopic (exact) mass is 351 g/mol. The molecule has 0 unspecified atom stereocenters. The van der Waals surface area contributed by atoms with Gasteiger partial charge in [-0.15, -0.1) is 0 Å². The molecule has 0 radical (unpaired) electrons. The molecular weight excluding hydrogens is 334 g/mol. The van der Waals surface area contributed by atoms with Crippen LogP contribution in [0.3, 0.4) is 0 Å². The maximum Gasteiger partial charge on any atom is 0.326 e. The zero-order chi connectivity index (χ0) is 19.1. The third-order valence-corrected chi connectivity index (χ3v) is 3.65. The van der Waals surface area contributed by atoms with Gasteiger partial charge in [-0.25, -0.2) is 4.79 Å². The Morgan fingerprint density at radius 2 is 1.77 bits per heavy atom. The third-order valence-electron chi connectivity index (χ3n) is 3.65. The number of para-hydroxylation sites is 1. The number of hydrogen-bond acceptors (Lipinski definition) is 4. The Kier molecular flexibility index (Phi) is 6.06. The number of aliphatic carboxylic acids is 1. The van der Waals surface area contributed by atoms with Crippen LogP contribution in [0.1, 0.15) is 28.4 Å². The van der Waals surface area contributed by atoms with Gasteiger partial charge in [0.05, 0.1) is 22.9 Å². The molecule has 2 aromatic carbocycles. The first-order chi connectivity index (χ1) is 12.4. The highest BCUT2D eigenvalue weighted by molar-refractivity contribution is 6.04. The van der Waals surface area contributed by atoms with E-state index in [1.54, 1.807) is 42.5 Å². The normalized spacial score (nSPS) is 11.1. The zero-order valence-electron chi connectivity index (χ0n) is 14.0. The van der Waals surface area contributed by atoms with Gasteiger partial charge in [-0.3, -0.25) is 9.59 Å². The van der Waals surface area contributed by atoms with Gasteiger partial charge in [-0.2, -0.15) is 5.26 Å². The number of amides is 2. The van der Waals surface area contributed by atoms with Crippen molar-refractivity contribution >= 4 is 23.5 Å². The second kappa shape index (κ2) is 8.44. The molecule has 0 fully saturated rings. The van der Waals surface area contributed by atoms with Crippen LogP contribution in [0.2, 0.25) is 0 Å². The first-order valence-corrected chi connectivity index (χ1v) is 7.80. The molecule has 1 atom stereocenters. The lowest BCUT2D eigenvalue weighted by Gasteiger charge is -2.17. The van der Waals surface area contributed by atoms with Crippen molar-refractivity contribution in [2.45, 2.75) is 19.4 Å². The fourth-order valence-corrected chi connectivity index (χ4v) is 2.44. The van der Waals surface area contributed by atoms with Gasteiger partial charge in [-0.05, 0) is 23.8 Å². The summed E-state index contributed by atoms with van der Waals surface area (Å²) in [6.07, 6.45) is -0.0346. The van der Waals surface area contributed by atoms with Gasteiger partial charge >= 0.3 is 5.97 Å². The van der Waals surface area contributed by atoms with Crippen LogP contribution < -0.4 is 10.6 Å². The Morgan fingerprint density at radius 3 is 2.42 bits per heavy atom. The maximum atomic E-state index is 12.5. The Balaban J connectivity index is 2.23. The van der Waals surface area contributed by atoms with Crippen molar-refractivity contribution in [1.82, 2.24) is 5.32 Å². The summed E-state index contributed by atoms with van der Waals surface area (Å²) in [7, 11) is 0. The van der Waals surface area contributed by atoms with Crippen LogP contribution in [0.4, 0.5) is 5.69 Å². The number of hydrogen-bond donors (Lipinski definition) is 3. The summed E-state index contributed by atoms with van der Waals surface area (Å²) in [5.74, 6) is -2.19. The molecular formula is C19H17N3O4. The molecule has 0 heterocycles. The molecule has 132 valence electrons. The summed E-state index contributed by atoms with van der Waals surface area (Å²) < 4.78 is 0. The molecule has 3 N–H and O–H groups in total. The molecule has 7 nitrogen and oxygen atoms in total. The largest absolute Gasteiger partial charge is 0.480 e. The van der Waals surface area contributed by atoms with E-state index in [1.165, 1.54) is 13.0 Å². The van der Waals surface area contributed by atoms with Crippen molar-refractivity contribution in [2.75, 3.05) is 5.32 Å². The quantitative estimate of drug-likeness (QED) is 0.735. The van der Waals surface area contributed by atoms with E-state index in [0.29, 0.717) is 16.8 Å². The van der Waals surface area contributed by atoms with Gasteiger partial charge in [0.15, 0.2) is 0 Å². The molecule has 2 amide bonds. The Morgan fingerprint density at radius 1 is 1.12 bits per heavy atom. The maximum absolute atomic E-state index is 12.5. The van der Waals surface area contributed by atoms with E-state index in [1.807, 2.05) is 6.07 Å². The van der Waals surface area contributed by atoms with Crippen LogP contribution >= 0.6 is 0 Å². The van der Waals surface area contributed by atoms with Crippen molar-refractivity contribution in [3.05, 3.63) is 65.2 Å². The first-order valence-electron chi connectivity index (χ1n) is 7.80. The number of carboxylic acids is 1. The molecule has 0 saturated heterocycles. The van der Waals surface area contributed by atoms with Gasteiger partial charge in [0.2, 0.25) is 5.91 Å². The van der Waals surface area contributed by atoms with Crippen molar-refractivity contribution < 1.29 is 19.5 Å². The van der Waals surface area contributed by atoms with E-state index in [9.17, 15) is 19.5 Å². The molecule has 0 spiro atoms. The molecule has 0 aliphatic carbocycles. The number of nitrogens with one attached hydrogen (secondary N) is 2. The smallest absolute Gasteiger partial charge is 0.326 e. The average Bonchev–Trinajstić information content (AvgIpc) is 2.61. The van der Waals surface area contributed by atoms with E-state index in [0.717, 1.165) is 0 Å². The number of anilines is 1. The molecule has 7 heteroatoms. The number of nitrogens with zero attached hydrogens (tertiary/aromatic N) is 1. The van der Waals surface area contributed by atoms with E-state index in [4.69, 9.17) is 5.26 Å². The molecule has 0 aliphatic rings. The molecule has 0 saturated carbocycles. The number of carbonyl (C=O) groups is 3. The molecule has 0 aromatic heterocycles. The lowest BCUT2D eigenvalue weighted by Crippen LogP contribution is -2.42. The summed E-state index contributed by atoms with van der Waals surface area (Å²) in [5, 5.41) is 23.5. The van der Waals surface area contributed by atoms with Gasteiger partial charge in [0.25, 0.3) is 5.91 Å². The molecule has 0 bridgehead atoms. The Hall–Kier alpha value is -3.66. The van der Waals surface area contributed by atoms with E-state index in [-0.39, 0.29) is 17.9 Å².